The Morgan fingerprint density at radius 2 is 1.75 bits per heavy atom. The van der Waals surface area contributed by atoms with Gasteiger partial charge in [0.05, 0.1) is 23.5 Å². The molecular weight excluding hydrogens is 658 g/mol. The molecule has 4 aliphatic heterocycles. The van der Waals surface area contributed by atoms with Gasteiger partial charge in [-0.25, -0.2) is 0 Å². The number of hydrogen-bond acceptors (Lipinski definition) is 8. The van der Waals surface area contributed by atoms with Crippen molar-refractivity contribution in [3.8, 4) is 5.75 Å². The summed E-state index contributed by atoms with van der Waals surface area (Å²) in [4.78, 5) is 29.4. The van der Waals surface area contributed by atoms with Gasteiger partial charge in [0.15, 0.2) is 11.5 Å². The zero-order valence-corrected chi connectivity index (χ0v) is 31.5. The summed E-state index contributed by atoms with van der Waals surface area (Å²) in [7, 11) is 0. The topological polar surface area (TPSA) is 135 Å². The van der Waals surface area contributed by atoms with Crippen molar-refractivity contribution in [2.75, 3.05) is 0 Å². The highest BCUT2D eigenvalue weighted by molar-refractivity contribution is 6.05. The average Bonchev–Trinajstić information content (AvgIpc) is 3.65. The second kappa shape index (κ2) is 10.5. The molecule has 1 aromatic carbocycles. The van der Waals surface area contributed by atoms with Gasteiger partial charge in [-0.15, -0.1) is 6.58 Å². The molecule has 4 heterocycles. The number of benzene rings is 1. The molecule has 9 heteroatoms. The Bertz CT molecular complexity index is 1930. The van der Waals surface area contributed by atoms with E-state index in [9.17, 15) is 24.9 Å². The van der Waals surface area contributed by atoms with Crippen LogP contribution < -0.4 is 10.1 Å². The summed E-state index contributed by atoms with van der Waals surface area (Å²) in [6.07, 6.45) is 5.37. The van der Waals surface area contributed by atoms with Crippen molar-refractivity contribution in [1.29, 1.82) is 0 Å². The zero-order valence-electron chi connectivity index (χ0n) is 31.5. The van der Waals surface area contributed by atoms with Gasteiger partial charge >= 0.3 is 0 Å². The first-order chi connectivity index (χ1) is 24.4. The van der Waals surface area contributed by atoms with Crippen LogP contribution in [0.5, 0.6) is 5.75 Å². The number of nitrogens with one attached hydrogen (secondary N) is 1. The molecule has 8 aliphatic rings. The van der Waals surface area contributed by atoms with Crippen LogP contribution in [-0.2, 0) is 25.5 Å². The third-order valence-electron chi connectivity index (χ3n) is 15.4. The van der Waals surface area contributed by atoms with Gasteiger partial charge in [0, 0.05) is 41.1 Å². The first-order valence-electron chi connectivity index (χ1n) is 19.3. The molecule has 4 aliphatic carbocycles. The third kappa shape index (κ3) is 3.93. The number of carbonyl (C=O) groups excluding carboxylic acids is 2. The minimum absolute atomic E-state index is 0.00918. The van der Waals surface area contributed by atoms with Crippen molar-refractivity contribution in [3.05, 3.63) is 76.6 Å². The van der Waals surface area contributed by atoms with E-state index in [2.05, 4.69) is 45.7 Å². The smallest absolute Gasteiger partial charge is 0.253 e. The highest BCUT2D eigenvalue weighted by Gasteiger charge is 2.81. The average molecular weight is 712 g/mol. The predicted octanol–water partition coefficient (Wildman–Crippen LogP) is 5.93. The van der Waals surface area contributed by atoms with Gasteiger partial charge in [-0.1, -0.05) is 64.5 Å². The molecule has 9 rings (SSSR count). The number of allylic oxidation sites excluding steroid dienone is 5. The number of amides is 1. The van der Waals surface area contributed by atoms with Gasteiger partial charge in [-0.3, -0.25) is 9.59 Å². The highest BCUT2D eigenvalue weighted by Crippen LogP contribution is 2.70. The van der Waals surface area contributed by atoms with E-state index >= 15 is 0 Å². The second-order valence-electron chi connectivity index (χ2n) is 18.5. The van der Waals surface area contributed by atoms with E-state index in [4.69, 9.17) is 14.2 Å². The van der Waals surface area contributed by atoms with Crippen LogP contribution in [0.3, 0.4) is 0 Å². The minimum atomic E-state index is -2.56. The number of aliphatic hydroxyl groups is 3. The van der Waals surface area contributed by atoms with Crippen LogP contribution in [0, 0.1) is 64.1 Å². The van der Waals surface area contributed by atoms with Gasteiger partial charge < -0.3 is 34.8 Å². The van der Waals surface area contributed by atoms with Crippen molar-refractivity contribution in [2.24, 2.45) is 64.1 Å². The zero-order chi connectivity index (χ0) is 37.2. The molecule has 3 saturated heterocycles. The quantitative estimate of drug-likeness (QED) is 0.264. The molecule has 1 aromatic rings. The molecule has 52 heavy (non-hydrogen) atoms. The van der Waals surface area contributed by atoms with Gasteiger partial charge in [-0.2, -0.15) is 0 Å². The molecule has 2 saturated carbocycles. The van der Waals surface area contributed by atoms with E-state index in [1.165, 1.54) is 5.57 Å². The summed E-state index contributed by atoms with van der Waals surface area (Å²) < 4.78 is 20.1. The number of aliphatic hydroxyl groups excluding tert-OH is 1. The van der Waals surface area contributed by atoms with Crippen molar-refractivity contribution >= 4 is 11.7 Å². The molecule has 4 bridgehead atoms. The Kier molecular flexibility index (Phi) is 6.97. The first kappa shape index (κ1) is 34.5. The van der Waals surface area contributed by atoms with Gasteiger partial charge in [0.2, 0.25) is 11.6 Å². The normalized spacial score (nSPS) is 53.0. The maximum Gasteiger partial charge on any atom is 0.253 e. The Balaban J connectivity index is 1.34. The molecule has 5 fully saturated rings. The van der Waals surface area contributed by atoms with E-state index in [1.54, 1.807) is 13.8 Å². The van der Waals surface area contributed by atoms with Gasteiger partial charge in [0.25, 0.3) is 5.91 Å². The third-order valence-corrected chi connectivity index (χ3v) is 15.4. The lowest BCUT2D eigenvalue weighted by molar-refractivity contribution is -0.379. The number of Topliss-reactive ketones (excluding diaryl/α,β-unsaturated/α-hetero) is 1. The van der Waals surface area contributed by atoms with Crippen LogP contribution in [0.25, 0.3) is 0 Å². The lowest BCUT2D eigenvalue weighted by Gasteiger charge is -2.50. The fourth-order valence-corrected chi connectivity index (χ4v) is 13.9. The van der Waals surface area contributed by atoms with E-state index in [-0.39, 0.29) is 64.1 Å². The fourth-order valence-electron chi connectivity index (χ4n) is 13.9. The summed E-state index contributed by atoms with van der Waals surface area (Å²) >= 11 is 0. The summed E-state index contributed by atoms with van der Waals surface area (Å²) in [5.74, 6) is -8.22. The van der Waals surface area contributed by atoms with E-state index < -0.39 is 58.3 Å². The molecular formula is C43H53NO8. The number of ether oxygens (including phenoxy) is 3. The lowest BCUT2D eigenvalue weighted by Crippen LogP contribution is -2.65. The number of ketones is 1. The summed E-state index contributed by atoms with van der Waals surface area (Å²) in [6, 6.07) is 7.75. The summed E-state index contributed by atoms with van der Waals surface area (Å²) in [5, 5.41) is 41.3. The minimum Gasteiger partial charge on any atom is -0.511 e. The Labute approximate surface area is 306 Å². The Hall–Kier alpha value is -3.24. The summed E-state index contributed by atoms with van der Waals surface area (Å²) in [6.45, 7) is 20.9. The molecule has 0 spiro atoms. The molecule has 0 unspecified atom stereocenters. The Morgan fingerprint density at radius 3 is 2.46 bits per heavy atom. The highest BCUT2D eigenvalue weighted by atomic mass is 16.7. The van der Waals surface area contributed by atoms with Crippen LogP contribution in [0.4, 0.5) is 0 Å². The molecule has 278 valence electrons. The van der Waals surface area contributed by atoms with E-state index in [1.807, 2.05) is 44.2 Å². The van der Waals surface area contributed by atoms with Gasteiger partial charge in [0.1, 0.15) is 17.6 Å². The molecule has 4 N–H and O–H groups in total. The van der Waals surface area contributed by atoms with Crippen LogP contribution in [0.1, 0.15) is 73.8 Å². The van der Waals surface area contributed by atoms with E-state index in [0.717, 1.165) is 18.4 Å². The molecule has 0 aromatic heterocycles. The van der Waals surface area contributed by atoms with Crippen LogP contribution >= 0.6 is 0 Å². The fraction of sp³-hybridized carbons (Fsp3) is 0.628. The second-order valence-corrected chi connectivity index (χ2v) is 18.5. The first-order valence-corrected chi connectivity index (χ1v) is 19.3. The predicted molar refractivity (Wildman–Crippen MR) is 192 cm³/mol. The summed E-state index contributed by atoms with van der Waals surface area (Å²) in [5.41, 5.74) is -0.0981. The maximum absolute atomic E-state index is 14.7. The van der Waals surface area contributed by atoms with Gasteiger partial charge in [-0.05, 0) is 80.1 Å². The van der Waals surface area contributed by atoms with Crippen molar-refractivity contribution < 1.29 is 39.1 Å². The molecule has 16 atom stereocenters. The number of hydrogen-bond donors (Lipinski definition) is 4. The Morgan fingerprint density at radius 1 is 1.02 bits per heavy atom. The van der Waals surface area contributed by atoms with Crippen molar-refractivity contribution in [1.82, 2.24) is 5.32 Å². The largest absolute Gasteiger partial charge is 0.511 e. The van der Waals surface area contributed by atoms with E-state index in [0.29, 0.717) is 17.6 Å². The monoisotopic (exact) mass is 711 g/mol. The maximum atomic E-state index is 14.7. The number of fused-ring (bicyclic) bond motifs is 8. The molecule has 1 amide bonds. The number of carbonyl (C=O) groups is 2. The van der Waals surface area contributed by atoms with Crippen LogP contribution in [-0.4, -0.2) is 56.5 Å². The lowest BCUT2D eigenvalue weighted by atomic mass is 9.53. The van der Waals surface area contributed by atoms with Crippen molar-refractivity contribution in [2.45, 2.75) is 104 Å². The van der Waals surface area contributed by atoms with Crippen LogP contribution in [0.2, 0.25) is 0 Å². The molecule has 0 radical (unpaired) electrons. The number of rotatable bonds is 1. The standard InChI is InChI=1S/C43H53NO8/c1-10-39(8)17-21(4)29-27-33(39)36(46)28-32-34-35(45)23(6)31-22(5)24(7)51-42(31,48)43(34,49)52-41(32,44-38(28)47)18-25-12-11-13-26(15-25)50-37(27)30-20(3)14-19(2)16-40(29,30)9/h10-13,15,17,19-20,22,24,27,29-30,32-34,37,46,48-49H,1,14,16,18H2,2-9H3,(H,44,47)/b36-28-/t19-,20+,22-,24-,27+,29-,30+,32+,33+,34-,37+,39+,40+,41-,42-,43-/m1/s1. The SMILES string of the molecule is C=C[C@@]1(C)C=C(C)[C@@H]2[C@@H]3[C@H](Oc4cccc(c4)C[C@]45NC(=O)/C(=C(\O)[C@H]31)[C@H]4[C@@H]1C(=O)C(C)=C3[C@H](C)[C@@H](C)O[C@@]3(O)[C@]1(O)O5)[C@@H]1[C@@H](C)C[C@@H](C)C[C@]12C. The van der Waals surface area contributed by atoms with Crippen LogP contribution in [0.15, 0.2) is 71.0 Å². The van der Waals surface area contributed by atoms with Crippen molar-refractivity contribution in [3.63, 3.8) is 0 Å². The molecule has 9 nitrogen and oxygen atoms in total.